The molecule has 1 aliphatic rings. The summed E-state index contributed by atoms with van der Waals surface area (Å²) < 4.78 is 0. The Morgan fingerprint density at radius 2 is 2.05 bits per heavy atom. The second-order valence-electron chi connectivity index (χ2n) is 5.84. The lowest BCUT2D eigenvalue weighted by Crippen LogP contribution is -2.44. The Morgan fingerprint density at radius 3 is 2.62 bits per heavy atom. The highest BCUT2D eigenvalue weighted by Gasteiger charge is 2.26. The first-order valence-corrected chi connectivity index (χ1v) is 7.22. The molecular formula is C15H21N3O3. The number of anilines is 1. The van der Waals surface area contributed by atoms with E-state index in [1.165, 1.54) is 18.3 Å². The third-order valence-electron chi connectivity index (χ3n) is 3.99. The standard InChI is InChI=1S/C15H21N3O3/c1-9-3-5-12(10(2)7-9)18-15(21)17-11-4-6-13(14(19)20)16-8-11/h4,6,8-10,12H,3,5,7H2,1-2H3,(H,19,20)(H2,17,18,21). The van der Waals surface area contributed by atoms with Gasteiger partial charge in [0.05, 0.1) is 11.9 Å². The number of hydrogen-bond donors (Lipinski definition) is 3. The van der Waals surface area contributed by atoms with Crippen LogP contribution in [0.3, 0.4) is 0 Å². The number of carbonyl (C=O) groups is 2. The molecule has 1 saturated carbocycles. The van der Waals surface area contributed by atoms with E-state index in [2.05, 4.69) is 29.5 Å². The molecule has 2 rings (SSSR count). The molecule has 3 atom stereocenters. The van der Waals surface area contributed by atoms with Gasteiger partial charge in [-0.1, -0.05) is 13.8 Å². The van der Waals surface area contributed by atoms with Gasteiger partial charge >= 0.3 is 12.0 Å². The van der Waals surface area contributed by atoms with Gasteiger partial charge in [-0.3, -0.25) is 0 Å². The summed E-state index contributed by atoms with van der Waals surface area (Å²) >= 11 is 0. The van der Waals surface area contributed by atoms with Gasteiger partial charge in [-0.15, -0.1) is 0 Å². The first-order valence-electron chi connectivity index (χ1n) is 7.22. The van der Waals surface area contributed by atoms with Crippen molar-refractivity contribution in [2.75, 3.05) is 5.32 Å². The molecule has 1 aromatic heterocycles. The van der Waals surface area contributed by atoms with Crippen LogP contribution in [0.4, 0.5) is 10.5 Å². The molecule has 0 aromatic carbocycles. The fraction of sp³-hybridized carbons (Fsp3) is 0.533. The van der Waals surface area contributed by atoms with E-state index in [-0.39, 0.29) is 17.8 Å². The maximum atomic E-state index is 12.0. The Bertz CT molecular complexity index is 515. The molecule has 1 heterocycles. The van der Waals surface area contributed by atoms with E-state index in [1.54, 1.807) is 0 Å². The zero-order chi connectivity index (χ0) is 15.4. The predicted octanol–water partition coefficient (Wildman–Crippen LogP) is 2.73. The van der Waals surface area contributed by atoms with Crippen molar-refractivity contribution in [2.45, 2.75) is 39.2 Å². The SMILES string of the molecule is CC1CCC(NC(=O)Nc2ccc(C(=O)O)nc2)C(C)C1. The summed E-state index contributed by atoms with van der Waals surface area (Å²) in [7, 11) is 0. The van der Waals surface area contributed by atoms with Gasteiger partial charge in [-0.25, -0.2) is 14.6 Å². The highest BCUT2D eigenvalue weighted by molar-refractivity contribution is 5.90. The number of carboxylic acids is 1. The van der Waals surface area contributed by atoms with E-state index in [0.29, 0.717) is 17.5 Å². The van der Waals surface area contributed by atoms with Crippen molar-refractivity contribution in [2.24, 2.45) is 11.8 Å². The molecule has 1 aromatic rings. The van der Waals surface area contributed by atoms with Gasteiger partial charge in [0.1, 0.15) is 5.69 Å². The number of aromatic carboxylic acids is 1. The lowest BCUT2D eigenvalue weighted by molar-refractivity contribution is 0.0690. The molecule has 114 valence electrons. The third-order valence-corrected chi connectivity index (χ3v) is 3.99. The molecular weight excluding hydrogens is 270 g/mol. The summed E-state index contributed by atoms with van der Waals surface area (Å²) in [4.78, 5) is 26.4. The average Bonchev–Trinajstić information content (AvgIpc) is 2.42. The number of aromatic nitrogens is 1. The number of carbonyl (C=O) groups excluding carboxylic acids is 1. The molecule has 0 bridgehead atoms. The maximum absolute atomic E-state index is 12.0. The molecule has 1 fully saturated rings. The number of pyridine rings is 1. The highest BCUT2D eigenvalue weighted by Crippen LogP contribution is 2.28. The largest absolute Gasteiger partial charge is 0.477 e. The van der Waals surface area contributed by atoms with Crippen LogP contribution in [0.5, 0.6) is 0 Å². The van der Waals surface area contributed by atoms with E-state index in [0.717, 1.165) is 19.3 Å². The zero-order valence-electron chi connectivity index (χ0n) is 12.3. The van der Waals surface area contributed by atoms with Gasteiger partial charge < -0.3 is 15.7 Å². The van der Waals surface area contributed by atoms with Crippen LogP contribution >= 0.6 is 0 Å². The average molecular weight is 291 g/mol. The second-order valence-corrected chi connectivity index (χ2v) is 5.84. The van der Waals surface area contributed by atoms with Crippen molar-refractivity contribution in [3.8, 4) is 0 Å². The fourth-order valence-corrected chi connectivity index (χ4v) is 2.81. The van der Waals surface area contributed by atoms with Gasteiger partial charge in [-0.2, -0.15) is 0 Å². The van der Waals surface area contributed by atoms with Crippen molar-refractivity contribution < 1.29 is 14.7 Å². The lowest BCUT2D eigenvalue weighted by Gasteiger charge is -2.33. The first-order chi connectivity index (χ1) is 9.95. The molecule has 1 aliphatic carbocycles. The summed E-state index contributed by atoms with van der Waals surface area (Å²) in [6, 6.07) is 2.81. The van der Waals surface area contributed by atoms with Crippen LogP contribution in [-0.2, 0) is 0 Å². The summed E-state index contributed by atoms with van der Waals surface area (Å²) in [5.74, 6) is 0.0945. The van der Waals surface area contributed by atoms with Gasteiger partial charge in [0.15, 0.2) is 0 Å². The van der Waals surface area contributed by atoms with Gasteiger partial charge in [0.25, 0.3) is 0 Å². The molecule has 0 radical (unpaired) electrons. The number of rotatable bonds is 3. The molecule has 0 aliphatic heterocycles. The van der Waals surface area contributed by atoms with Crippen molar-refractivity contribution in [1.82, 2.24) is 10.3 Å². The van der Waals surface area contributed by atoms with Crippen LogP contribution < -0.4 is 10.6 Å². The van der Waals surface area contributed by atoms with Gasteiger partial charge in [0, 0.05) is 6.04 Å². The molecule has 21 heavy (non-hydrogen) atoms. The number of nitrogens with one attached hydrogen (secondary N) is 2. The van der Waals surface area contributed by atoms with Crippen molar-refractivity contribution >= 4 is 17.7 Å². The van der Waals surface area contributed by atoms with Crippen LogP contribution in [0.25, 0.3) is 0 Å². The number of carboxylic acid groups (broad SMARTS) is 1. The number of nitrogens with zero attached hydrogens (tertiary/aromatic N) is 1. The third kappa shape index (κ3) is 4.18. The summed E-state index contributed by atoms with van der Waals surface area (Å²) in [6.07, 6.45) is 4.59. The Hall–Kier alpha value is -2.11. The molecule has 0 spiro atoms. The minimum Gasteiger partial charge on any atom is -0.477 e. The minimum atomic E-state index is -1.09. The Morgan fingerprint density at radius 1 is 1.29 bits per heavy atom. The number of amides is 2. The molecule has 3 unspecified atom stereocenters. The Balaban J connectivity index is 1.88. The Kier molecular flexibility index (Phi) is 4.77. The first kappa shape index (κ1) is 15.3. The van der Waals surface area contributed by atoms with E-state index >= 15 is 0 Å². The number of urea groups is 1. The van der Waals surface area contributed by atoms with Crippen molar-refractivity contribution in [3.63, 3.8) is 0 Å². The quantitative estimate of drug-likeness (QED) is 0.798. The van der Waals surface area contributed by atoms with E-state index in [4.69, 9.17) is 5.11 Å². The number of hydrogen-bond acceptors (Lipinski definition) is 3. The normalized spacial score (nSPS) is 25.1. The summed E-state index contributed by atoms with van der Waals surface area (Å²) in [5.41, 5.74) is 0.435. The topological polar surface area (TPSA) is 91.3 Å². The second kappa shape index (κ2) is 6.56. The monoisotopic (exact) mass is 291 g/mol. The smallest absolute Gasteiger partial charge is 0.354 e. The lowest BCUT2D eigenvalue weighted by atomic mass is 9.80. The van der Waals surface area contributed by atoms with Gasteiger partial charge in [0.2, 0.25) is 0 Å². The summed E-state index contributed by atoms with van der Waals surface area (Å²) in [6.45, 7) is 4.40. The van der Waals surface area contributed by atoms with E-state index in [9.17, 15) is 9.59 Å². The van der Waals surface area contributed by atoms with Crippen LogP contribution in [0.2, 0.25) is 0 Å². The molecule has 6 nitrogen and oxygen atoms in total. The molecule has 0 saturated heterocycles. The fourth-order valence-electron chi connectivity index (χ4n) is 2.81. The highest BCUT2D eigenvalue weighted by atomic mass is 16.4. The van der Waals surface area contributed by atoms with Crippen LogP contribution in [0.1, 0.15) is 43.6 Å². The summed E-state index contributed by atoms with van der Waals surface area (Å²) in [5, 5.41) is 14.4. The van der Waals surface area contributed by atoms with Crippen molar-refractivity contribution in [3.05, 3.63) is 24.0 Å². The Labute approximate surface area is 124 Å². The van der Waals surface area contributed by atoms with Crippen molar-refractivity contribution in [1.29, 1.82) is 0 Å². The van der Waals surface area contributed by atoms with Crippen LogP contribution in [0.15, 0.2) is 18.3 Å². The van der Waals surface area contributed by atoms with Crippen LogP contribution in [0, 0.1) is 11.8 Å². The molecule has 2 amide bonds. The predicted molar refractivity (Wildman–Crippen MR) is 79.3 cm³/mol. The zero-order valence-corrected chi connectivity index (χ0v) is 12.3. The van der Waals surface area contributed by atoms with Crippen LogP contribution in [-0.4, -0.2) is 28.1 Å². The molecule has 3 N–H and O–H groups in total. The van der Waals surface area contributed by atoms with E-state index < -0.39 is 5.97 Å². The van der Waals surface area contributed by atoms with E-state index in [1.807, 2.05) is 0 Å². The van der Waals surface area contributed by atoms with Gasteiger partial charge in [-0.05, 0) is 43.2 Å². The minimum absolute atomic E-state index is 0.0455. The molecule has 6 heteroatoms. The maximum Gasteiger partial charge on any atom is 0.354 e.